The van der Waals surface area contributed by atoms with Crippen LogP contribution in [-0.2, 0) is 0 Å². The van der Waals surface area contributed by atoms with Gasteiger partial charge in [0.25, 0.3) is 0 Å². The largest absolute Gasteiger partial charge is 0.385 e. The van der Waals surface area contributed by atoms with Gasteiger partial charge in [0.15, 0.2) is 0 Å². The molecule has 1 saturated heterocycles. The second kappa shape index (κ2) is 14.8. The predicted molar refractivity (Wildman–Crippen MR) is 136 cm³/mol. The summed E-state index contributed by atoms with van der Waals surface area (Å²) in [7, 11) is 0. The van der Waals surface area contributed by atoms with Crippen LogP contribution in [0.1, 0.15) is 32.6 Å². The topological polar surface area (TPSA) is 53.3 Å². The van der Waals surface area contributed by atoms with Crippen molar-refractivity contribution in [2.45, 2.75) is 38.6 Å². The molecule has 4 N–H and O–H groups in total. The Morgan fingerprint density at radius 2 is 2.03 bits per heavy atom. The third-order valence-electron chi connectivity index (χ3n) is 6.05. The van der Waals surface area contributed by atoms with Crippen molar-refractivity contribution in [1.82, 2.24) is 15.5 Å². The molecule has 2 rings (SSSR count). The van der Waals surface area contributed by atoms with Crippen LogP contribution in [0, 0.1) is 5.92 Å². The highest BCUT2D eigenvalue weighted by molar-refractivity contribution is 5.35. The first-order valence-electron chi connectivity index (χ1n) is 11.8. The Morgan fingerprint density at radius 1 is 1.23 bits per heavy atom. The Bertz CT molecular complexity index is 703. The number of nitrogens with one attached hydrogen (secondary N) is 2. The van der Waals surface area contributed by atoms with Crippen LogP contribution in [0.5, 0.6) is 0 Å². The zero-order valence-corrected chi connectivity index (χ0v) is 19.4. The predicted octanol–water partition coefficient (Wildman–Crippen LogP) is 4.24. The Hall–Kier alpha value is -2.14. The highest BCUT2D eigenvalue weighted by atomic mass is 15.1. The van der Waals surface area contributed by atoms with Crippen molar-refractivity contribution >= 4 is 0 Å². The third kappa shape index (κ3) is 9.69. The summed E-state index contributed by atoms with van der Waals surface area (Å²) in [4.78, 5) is 2.55. The van der Waals surface area contributed by atoms with Crippen LogP contribution in [0.15, 0.2) is 84.7 Å². The SMILES string of the molecule is C=C/C=C\C=C/CNCCN1CCC(C(=C)NCC2=CCC=C(C(N)CC)C=C2)CC1. The Balaban J connectivity index is 1.61. The summed E-state index contributed by atoms with van der Waals surface area (Å²) in [5, 5.41) is 7.06. The van der Waals surface area contributed by atoms with Crippen LogP contribution in [0.25, 0.3) is 0 Å². The lowest BCUT2D eigenvalue weighted by Crippen LogP contribution is -2.39. The fourth-order valence-electron chi connectivity index (χ4n) is 3.90. The van der Waals surface area contributed by atoms with Crippen LogP contribution in [0.2, 0.25) is 0 Å². The molecule has 31 heavy (non-hydrogen) atoms. The molecule has 0 amide bonds. The van der Waals surface area contributed by atoms with E-state index in [1.165, 1.54) is 29.7 Å². The molecule has 0 spiro atoms. The molecule has 1 atom stereocenters. The lowest BCUT2D eigenvalue weighted by molar-refractivity contribution is 0.197. The molecule has 4 heteroatoms. The van der Waals surface area contributed by atoms with Gasteiger partial charge in [-0.1, -0.05) is 74.8 Å². The molecule has 0 saturated carbocycles. The number of nitrogens with two attached hydrogens (primary N) is 1. The highest BCUT2D eigenvalue weighted by Gasteiger charge is 2.21. The minimum absolute atomic E-state index is 0.142. The van der Waals surface area contributed by atoms with Gasteiger partial charge in [-0.15, -0.1) is 0 Å². The first-order chi connectivity index (χ1) is 15.1. The van der Waals surface area contributed by atoms with E-state index in [9.17, 15) is 0 Å². The number of hydrogen-bond acceptors (Lipinski definition) is 4. The molecule has 170 valence electrons. The fourth-order valence-corrected chi connectivity index (χ4v) is 3.90. The Morgan fingerprint density at radius 3 is 2.77 bits per heavy atom. The van der Waals surface area contributed by atoms with Crippen LogP contribution < -0.4 is 16.4 Å². The molecule has 1 unspecified atom stereocenters. The maximum absolute atomic E-state index is 6.17. The molecule has 1 heterocycles. The van der Waals surface area contributed by atoms with E-state index >= 15 is 0 Å². The van der Waals surface area contributed by atoms with Crippen molar-refractivity contribution in [1.29, 1.82) is 0 Å². The van der Waals surface area contributed by atoms with Crippen LogP contribution in [0.3, 0.4) is 0 Å². The van der Waals surface area contributed by atoms with Gasteiger partial charge >= 0.3 is 0 Å². The summed E-state index contributed by atoms with van der Waals surface area (Å²) < 4.78 is 0. The van der Waals surface area contributed by atoms with Gasteiger partial charge in [-0.25, -0.2) is 0 Å². The summed E-state index contributed by atoms with van der Waals surface area (Å²) in [6, 6.07) is 0.142. The molecule has 4 nitrogen and oxygen atoms in total. The molecule has 0 aromatic rings. The molecule has 1 fully saturated rings. The second-order valence-corrected chi connectivity index (χ2v) is 8.31. The van der Waals surface area contributed by atoms with E-state index in [1.807, 2.05) is 12.2 Å². The van der Waals surface area contributed by atoms with Gasteiger partial charge in [-0.05, 0) is 49.9 Å². The summed E-state index contributed by atoms with van der Waals surface area (Å²) in [5.74, 6) is 0.571. The van der Waals surface area contributed by atoms with E-state index in [1.54, 1.807) is 6.08 Å². The standard InChI is InChI=1S/C27H42N4/c1-4-6-7-8-9-17-29-18-21-31-19-15-25(16-20-31)23(3)30-22-24-11-10-12-26(14-13-24)27(28)5-2/h4,6-9,11-14,25,27,29-30H,1,3,5,10,15-22,28H2,2H3/b7-6-,9-8-. The molecule has 1 aliphatic carbocycles. The number of hydrogen-bond donors (Lipinski definition) is 3. The van der Waals surface area contributed by atoms with Crippen molar-refractivity contribution in [3.05, 3.63) is 84.7 Å². The summed E-state index contributed by atoms with van der Waals surface area (Å²) in [6.45, 7) is 16.3. The summed E-state index contributed by atoms with van der Waals surface area (Å²) >= 11 is 0. The van der Waals surface area contributed by atoms with E-state index in [-0.39, 0.29) is 6.04 Å². The van der Waals surface area contributed by atoms with Crippen LogP contribution in [0.4, 0.5) is 0 Å². The molecular weight excluding hydrogens is 380 g/mol. The van der Waals surface area contributed by atoms with Gasteiger partial charge in [0.1, 0.15) is 0 Å². The van der Waals surface area contributed by atoms with Crippen LogP contribution in [-0.4, -0.2) is 50.2 Å². The second-order valence-electron chi connectivity index (χ2n) is 8.31. The van der Waals surface area contributed by atoms with Gasteiger partial charge in [0.05, 0.1) is 0 Å². The molecule has 0 bridgehead atoms. The number of rotatable bonds is 13. The third-order valence-corrected chi connectivity index (χ3v) is 6.05. The lowest BCUT2D eigenvalue weighted by Gasteiger charge is -2.33. The molecule has 0 radical (unpaired) electrons. The number of likely N-dealkylation sites (tertiary alicyclic amines) is 1. The molecule has 0 aromatic carbocycles. The van der Waals surface area contributed by atoms with Gasteiger partial charge in [0, 0.05) is 43.8 Å². The molecule has 2 aliphatic rings. The zero-order valence-electron chi connectivity index (χ0n) is 19.4. The lowest BCUT2D eigenvalue weighted by atomic mass is 9.94. The van der Waals surface area contributed by atoms with Crippen molar-refractivity contribution in [2.24, 2.45) is 11.7 Å². The number of allylic oxidation sites excluding steroid dienone is 7. The van der Waals surface area contributed by atoms with Crippen molar-refractivity contribution in [3.63, 3.8) is 0 Å². The Labute approximate surface area is 190 Å². The first kappa shape index (κ1) is 25.1. The van der Waals surface area contributed by atoms with E-state index in [4.69, 9.17) is 5.73 Å². The van der Waals surface area contributed by atoms with Gasteiger partial charge < -0.3 is 21.3 Å². The fraction of sp³-hybridized carbons (Fsp3) is 0.481. The zero-order chi connectivity index (χ0) is 22.3. The Kier molecular flexibility index (Phi) is 12.0. The average molecular weight is 423 g/mol. The first-order valence-corrected chi connectivity index (χ1v) is 11.8. The van der Waals surface area contributed by atoms with Gasteiger partial charge in [-0.2, -0.15) is 0 Å². The molecule has 1 aliphatic heterocycles. The van der Waals surface area contributed by atoms with E-state index in [0.29, 0.717) is 5.92 Å². The molecular formula is C27H42N4. The van der Waals surface area contributed by atoms with Crippen molar-refractivity contribution < 1.29 is 0 Å². The summed E-state index contributed by atoms with van der Waals surface area (Å²) in [5.41, 5.74) is 9.92. The quantitative estimate of drug-likeness (QED) is 0.307. The van der Waals surface area contributed by atoms with E-state index < -0.39 is 0 Å². The maximum Gasteiger partial charge on any atom is 0.0394 e. The number of nitrogens with zero attached hydrogens (tertiary/aromatic N) is 1. The molecule has 0 aromatic heterocycles. The maximum atomic E-state index is 6.17. The monoisotopic (exact) mass is 422 g/mol. The summed E-state index contributed by atoms with van der Waals surface area (Å²) in [6.07, 6.45) is 23.1. The van der Waals surface area contributed by atoms with Crippen molar-refractivity contribution in [3.8, 4) is 0 Å². The normalized spacial score (nSPS) is 19.3. The van der Waals surface area contributed by atoms with E-state index in [2.05, 4.69) is 72.1 Å². The van der Waals surface area contributed by atoms with E-state index in [0.717, 1.165) is 52.1 Å². The minimum atomic E-state index is 0.142. The van der Waals surface area contributed by atoms with Crippen molar-refractivity contribution in [2.75, 3.05) is 39.3 Å². The highest BCUT2D eigenvalue weighted by Crippen LogP contribution is 2.22. The van der Waals surface area contributed by atoms with Gasteiger partial charge in [-0.3, -0.25) is 0 Å². The van der Waals surface area contributed by atoms with Gasteiger partial charge in [0.2, 0.25) is 0 Å². The van der Waals surface area contributed by atoms with Crippen LogP contribution >= 0.6 is 0 Å². The average Bonchev–Trinajstić information content (AvgIpc) is 3.05. The number of piperidine rings is 1. The minimum Gasteiger partial charge on any atom is -0.385 e. The smallest absolute Gasteiger partial charge is 0.0394 e.